The van der Waals surface area contributed by atoms with E-state index in [1.165, 1.54) is 0 Å². The molecule has 2 saturated heterocycles. The van der Waals surface area contributed by atoms with Crippen LogP contribution < -0.4 is 0 Å². The minimum Gasteiger partial charge on any atom is -0.475 e. The number of piperidine rings is 2. The highest BCUT2D eigenvalue weighted by Gasteiger charge is 2.45. The molecule has 1 N–H and O–H groups in total. The van der Waals surface area contributed by atoms with Gasteiger partial charge in [-0.25, -0.2) is 4.79 Å². The lowest BCUT2D eigenvalue weighted by Crippen LogP contribution is -2.63. The smallest absolute Gasteiger partial charge is 0.475 e. The molecule has 172 valence electrons. The molecule has 2 aliphatic heterocycles. The van der Waals surface area contributed by atoms with E-state index in [-0.39, 0.29) is 17.4 Å². The van der Waals surface area contributed by atoms with E-state index in [2.05, 4.69) is 4.98 Å². The van der Waals surface area contributed by atoms with Crippen molar-refractivity contribution in [2.45, 2.75) is 43.8 Å². The number of ether oxygens (including phenoxy) is 1. The summed E-state index contributed by atoms with van der Waals surface area (Å²) >= 11 is 0. The van der Waals surface area contributed by atoms with Gasteiger partial charge in [0, 0.05) is 45.6 Å². The molecule has 1 aromatic heterocycles. The Balaban J connectivity index is 0.000000423. The summed E-state index contributed by atoms with van der Waals surface area (Å²) < 4.78 is 36.9. The van der Waals surface area contributed by atoms with E-state index in [0.717, 1.165) is 32.2 Å². The zero-order valence-electron chi connectivity index (χ0n) is 17.2. The highest BCUT2D eigenvalue weighted by molar-refractivity contribution is 5.94. The van der Waals surface area contributed by atoms with Gasteiger partial charge in [0.2, 0.25) is 5.91 Å². The number of carboxylic acid groups (broad SMARTS) is 1. The largest absolute Gasteiger partial charge is 0.490 e. The first-order valence-corrected chi connectivity index (χ1v) is 9.89. The number of halogens is 3. The molecule has 11 heteroatoms. The number of aliphatic carboxylic acids is 1. The third kappa shape index (κ3) is 6.39. The van der Waals surface area contributed by atoms with Crippen LogP contribution in [0.5, 0.6) is 0 Å². The fraction of sp³-hybridized carbons (Fsp3) is 0.600. The number of rotatable bonds is 4. The Morgan fingerprint density at radius 3 is 2.55 bits per heavy atom. The van der Waals surface area contributed by atoms with Gasteiger partial charge >= 0.3 is 12.1 Å². The summed E-state index contributed by atoms with van der Waals surface area (Å²) in [5.41, 5.74) is 0.379. The maximum absolute atomic E-state index is 12.8. The van der Waals surface area contributed by atoms with Gasteiger partial charge in [-0.2, -0.15) is 13.2 Å². The van der Waals surface area contributed by atoms with Gasteiger partial charge in [0.1, 0.15) is 0 Å². The van der Waals surface area contributed by atoms with Crippen LogP contribution in [0.2, 0.25) is 0 Å². The second-order valence-electron chi connectivity index (χ2n) is 7.49. The highest BCUT2D eigenvalue weighted by atomic mass is 19.4. The Hall–Kier alpha value is -2.69. The number of carboxylic acids is 1. The average molecular weight is 445 g/mol. The average Bonchev–Trinajstić information content (AvgIpc) is 2.73. The molecule has 1 unspecified atom stereocenters. The predicted molar refractivity (Wildman–Crippen MR) is 103 cm³/mol. The Morgan fingerprint density at radius 1 is 1.29 bits per heavy atom. The van der Waals surface area contributed by atoms with Crippen LogP contribution in [-0.2, 0) is 14.3 Å². The molecular weight excluding hydrogens is 419 g/mol. The van der Waals surface area contributed by atoms with Gasteiger partial charge in [0.25, 0.3) is 5.91 Å². The minimum atomic E-state index is -5.08. The molecule has 1 aromatic rings. The van der Waals surface area contributed by atoms with Crippen molar-refractivity contribution in [2.24, 2.45) is 0 Å². The third-order valence-corrected chi connectivity index (χ3v) is 5.42. The van der Waals surface area contributed by atoms with Crippen molar-refractivity contribution in [1.82, 2.24) is 14.8 Å². The van der Waals surface area contributed by atoms with Gasteiger partial charge in [-0.3, -0.25) is 14.6 Å². The standard InChI is InChI=1S/C18H25N3O3.C2HF3O2/c1-24-12-11-21-16(22)6-2-7-18(21)8-4-10-20(14-18)17(23)15-5-3-9-19-13-15;3-2(4,5)1(6)7/h3,5,9,13H,2,4,6-8,10-12,14H2,1H3;(H,6,7). The third-order valence-electron chi connectivity index (χ3n) is 5.42. The number of pyridine rings is 1. The van der Waals surface area contributed by atoms with Gasteiger partial charge in [0.15, 0.2) is 0 Å². The molecule has 0 aromatic carbocycles. The molecule has 2 aliphatic rings. The van der Waals surface area contributed by atoms with Gasteiger partial charge < -0.3 is 19.6 Å². The highest BCUT2D eigenvalue weighted by Crippen LogP contribution is 2.37. The summed E-state index contributed by atoms with van der Waals surface area (Å²) in [5, 5.41) is 7.12. The van der Waals surface area contributed by atoms with Crippen LogP contribution in [0.25, 0.3) is 0 Å². The molecule has 0 saturated carbocycles. The van der Waals surface area contributed by atoms with Crippen molar-refractivity contribution in [1.29, 1.82) is 0 Å². The number of amides is 2. The Kier molecular flexibility index (Phi) is 8.37. The van der Waals surface area contributed by atoms with Crippen molar-refractivity contribution in [3.8, 4) is 0 Å². The first-order chi connectivity index (χ1) is 14.6. The first kappa shape index (κ1) is 24.6. The number of hydrogen-bond donors (Lipinski definition) is 1. The Labute approximate surface area is 178 Å². The van der Waals surface area contributed by atoms with E-state index >= 15 is 0 Å². The molecule has 8 nitrogen and oxygen atoms in total. The van der Waals surface area contributed by atoms with Gasteiger partial charge in [-0.05, 0) is 37.8 Å². The van der Waals surface area contributed by atoms with E-state index < -0.39 is 12.1 Å². The monoisotopic (exact) mass is 445 g/mol. The van der Waals surface area contributed by atoms with Crippen LogP contribution in [0.1, 0.15) is 42.5 Å². The number of alkyl halides is 3. The summed E-state index contributed by atoms with van der Waals surface area (Å²) in [6.45, 7) is 2.48. The molecule has 1 atom stereocenters. The van der Waals surface area contributed by atoms with Crippen molar-refractivity contribution < 1.29 is 37.4 Å². The van der Waals surface area contributed by atoms with Crippen molar-refractivity contribution in [2.75, 3.05) is 33.4 Å². The van der Waals surface area contributed by atoms with Gasteiger partial charge in [-0.1, -0.05) is 0 Å². The number of nitrogens with zero attached hydrogens (tertiary/aromatic N) is 3. The molecule has 0 radical (unpaired) electrons. The number of hydrogen-bond acceptors (Lipinski definition) is 5. The fourth-order valence-corrected chi connectivity index (χ4v) is 4.03. The van der Waals surface area contributed by atoms with Crippen LogP contribution in [0.3, 0.4) is 0 Å². The number of methoxy groups -OCH3 is 1. The number of carbonyl (C=O) groups excluding carboxylic acids is 2. The molecule has 31 heavy (non-hydrogen) atoms. The summed E-state index contributed by atoms with van der Waals surface area (Å²) in [4.78, 5) is 42.1. The van der Waals surface area contributed by atoms with E-state index in [1.54, 1.807) is 31.6 Å². The normalized spacial score (nSPS) is 21.5. The summed E-state index contributed by atoms with van der Waals surface area (Å²) in [6, 6.07) is 3.58. The molecule has 3 heterocycles. The first-order valence-electron chi connectivity index (χ1n) is 9.89. The van der Waals surface area contributed by atoms with Crippen LogP contribution in [0, 0.1) is 0 Å². The summed E-state index contributed by atoms with van der Waals surface area (Å²) in [5.74, 6) is -2.56. The van der Waals surface area contributed by atoms with E-state index in [1.807, 2.05) is 9.80 Å². The van der Waals surface area contributed by atoms with Crippen molar-refractivity contribution in [3.05, 3.63) is 30.1 Å². The van der Waals surface area contributed by atoms with Crippen LogP contribution in [-0.4, -0.2) is 82.7 Å². The van der Waals surface area contributed by atoms with Crippen molar-refractivity contribution >= 4 is 17.8 Å². The van der Waals surface area contributed by atoms with Crippen LogP contribution in [0.15, 0.2) is 24.5 Å². The molecule has 2 amide bonds. The zero-order valence-corrected chi connectivity index (χ0v) is 17.2. The van der Waals surface area contributed by atoms with E-state index in [0.29, 0.717) is 31.7 Å². The van der Waals surface area contributed by atoms with Gasteiger partial charge in [0.05, 0.1) is 17.7 Å². The second kappa shape index (κ2) is 10.6. The maximum Gasteiger partial charge on any atom is 0.490 e. The lowest BCUT2D eigenvalue weighted by molar-refractivity contribution is -0.192. The minimum absolute atomic E-state index is 0.00638. The molecule has 1 spiro atoms. The number of carbonyl (C=O) groups is 3. The molecular formula is C20H26F3N3O5. The fourth-order valence-electron chi connectivity index (χ4n) is 4.03. The molecule has 2 fully saturated rings. The maximum atomic E-state index is 12.8. The van der Waals surface area contributed by atoms with Crippen LogP contribution in [0.4, 0.5) is 13.2 Å². The van der Waals surface area contributed by atoms with E-state index in [4.69, 9.17) is 14.6 Å². The lowest BCUT2D eigenvalue weighted by Gasteiger charge is -2.52. The SMILES string of the molecule is COCCN1C(=O)CCCC12CCCN(C(=O)c1cccnc1)C2.O=C(O)C(F)(F)F. The zero-order chi connectivity index (χ0) is 23.1. The van der Waals surface area contributed by atoms with E-state index in [9.17, 15) is 22.8 Å². The molecule has 3 rings (SSSR count). The number of aromatic nitrogens is 1. The summed E-state index contributed by atoms with van der Waals surface area (Å²) in [7, 11) is 1.65. The second-order valence-corrected chi connectivity index (χ2v) is 7.49. The quantitative estimate of drug-likeness (QED) is 0.764. The molecule has 0 aliphatic carbocycles. The van der Waals surface area contributed by atoms with Crippen molar-refractivity contribution in [3.63, 3.8) is 0 Å². The van der Waals surface area contributed by atoms with Gasteiger partial charge in [-0.15, -0.1) is 0 Å². The Morgan fingerprint density at radius 2 is 1.97 bits per heavy atom. The Bertz CT molecular complexity index is 771. The molecule has 0 bridgehead atoms. The lowest BCUT2D eigenvalue weighted by atomic mass is 9.79. The predicted octanol–water partition coefficient (Wildman–Crippen LogP) is 2.35. The summed E-state index contributed by atoms with van der Waals surface area (Å²) in [6.07, 6.45) is 2.53. The topological polar surface area (TPSA) is 100 Å². The van der Waals surface area contributed by atoms with Crippen LogP contribution >= 0.6 is 0 Å². The number of likely N-dealkylation sites (tertiary alicyclic amines) is 2.